The van der Waals surface area contributed by atoms with Crippen molar-refractivity contribution in [3.63, 3.8) is 0 Å². The molecule has 0 aliphatic rings. The van der Waals surface area contributed by atoms with Crippen molar-refractivity contribution in [3.8, 4) is 0 Å². The molecule has 25 heavy (non-hydrogen) atoms. The Kier molecular flexibility index (Phi) is 4.95. The minimum Gasteiger partial charge on any atom is -0.459 e. The Hall–Kier alpha value is -3.34. The maximum Gasteiger partial charge on any atom is 0.340 e. The molecule has 1 N–H and O–H groups in total. The number of para-hydroxylation sites is 1. The van der Waals surface area contributed by atoms with E-state index in [4.69, 9.17) is 9.15 Å². The molecule has 1 aromatic heterocycles. The van der Waals surface area contributed by atoms with Crippen LogP contribution in [-0.4, -0.2) is 11.9 Å². The topological polar surface area (TPSA) is 68.5 Å². The number of anilines is 1. The summed E-state index contributed by atoms with van der Waals surface area (Å²) in [5, 5.41) is 2.67. The van der Waals surface area contributed by atoms with Gasteiger partial charge in [0.2, 0.25) is 0 Å². The maximum absolute atomic E-state index is 12.5. The van der Waals surface area contributed by atoms with E-state index in [0.29, 0.717) is 5.69 Å². The molecule has 0 bridgehead atoms. The standard InChI is InChI=1S/C20H17NO4/c1-14(15-8-3-2-4-9-15)25-20(23)16-10-5-6-11-17(16)21-19(22)18-12-7-13-24-18/h2-14H,1H3,(H,21,22). The minimum absolute atomic E-state index is 0.167. The smallest absolute Gasteiger partial charge is 0.340 e. The highest BCUT2D eigenvalue weighted by Crippen LogP contribution is 2.22. The quantitative estimate of drug-likeness (QED) is 0.699. The van der Waals surface area contributed by atoms with E-state index in [-0.39, 0.29) is 11.3 Å². The third-order valence-corrected chi connectivity index (χ3v) is 3.69. The molecule has 0 saturated carbocycles. The molecule has 0 aliphatic heterocycles. The van der Waals surface area contributed by atoms with Crippen LogP contribution >= 0.6 is 0 Å². The van der Waals surface area contributed by atoms with Gasteiger partial charge in [0.15, 0.2) is 5.76 Å². The van der Waals surface area contributed by atoms with Gasteiger partial charge in [0.25, 0.3) is 5.91 Å². The molecule has 3 aromatic rings. The van der Waals surface area contributed by atoms with E-state index in [1.54, 1.807) is 43.3 Å². The third kappa shape index (κ3) is 3.95. The van der Waals surface area contributed by atoms with Crippen LogP contribution in [0.5, 0.6) is 0 Å². The highest BCUT2D eigenvalue weighted by Gasteiger charge is 2.19. The first-order chi connectivity index (χ1) is 12.1. The lowest BCUT2D eigenvalue weighted by atomic mass is 10.1. The Morgan fingerprint density at radius 1 is 0.960 bits per heavy atom. The predicted octanol–water partition coefficient (Wildman–Crippen LogP) is 4.45. The average Bonchev–Trinajstić information content (AvgIpc) is 3.17. The first-order valence-corrected chi connectivity index (χ1v) is 7.85. The Morgan fingerprint density at radius 3 is 2.40 bits per heavy atom. The summed E-state index contributed by atoms with van der Waals surface area (Å²) in [5.41, 5.74) is 1.55. The van der Waals surface area contributed by atoms with Crippen LogP contribution in [0.4, 0.5) is 5.69 Å². The number of rotatable bonds is 5. The molecule has 126 valence electrons. The van der Waals surface area contributed by atoms with Gasteiger partial charge in [-0.15, -0.1) is 0 Å². The number of nitrogens with one attached hydrogen (secondary N) is 1. The van der Waals surface area contributed by atoms with Crippen molar-refractivity contribution in [1.82, 2.24) is 0 Å². The largest absolute Gasteiger partial charge is 0.459 e. The maximum atomic E-state index is 12.5. The van der Waals surface area contributed by atoms with E-state index in [0.717, 1.165) is 5.56 Å². The lowest BCUT2D eigenvalue weighted by Crippen LogP contribution is -2.16. The van der Waals surface area contributed by atoms with Crippen LogP contribution in [0.2, 0.25) is 0 Å². The van der Waals surface area contributed by atoms with E-state index < -0.39 is 18.0 Å². The second kappa shape index (κ2) is 7.49. The van der Waals surface area contributed by atoms with Crippen LogP contribution < -0.4 is 5.32 Å². The van der Waals surface area contributed by atoms with E-state index in [2.05, 4.69) is 5.32 Å². The van der Waals surface area contributed by atoms with Gasteiger partial charge in [-0.1, -0.05) is 42.5 Å². The van der Waals surface area contributed by atoms with Crippen molar-refractivity contribution >= 4 is 17.6 Å². The summed E-state index contributed by atoms with van der Waals surface area (Å²) < 4.78 is 10.6. The van der Waals surface area contributed by atoms with Gasteiger partial charge in [0.1, 0.15) is 6.10 Å². The van der Waals surface area contributed by atoms with E-state index >= 15 is 0 Å². The summed E-state index contributed by atoms with van der Waals surface area (Å²) in [6.45, 7) is 1.80. The Labute approximate surface area is 145 Å². The normalized spacial score (nSPS) is 11.6. The molecule has 0 aliphatic carbocycles. The number of esters is 1. The fraction of sp³-hybridized carbons (Fsp3) is 0.100. The van der Waals surface area contributed by atoms with Crippen LogP contribution in [0.3, 0.4) is 0 Å². The third-order valence-electron chi connectivity index (χ3n) is 3.69. The molecule has 5 nitrogen and oxygen atoms in total. The zero-order chi connectivity index (χ0) is 17.6. The summed E-state index contributed by atoms with van der Waals surface area (Å²) in [6, 6.07) is 19.3. The predicted molar refractivity (Wildman–Crippen MR) is 93.4 cm³/mol. The van der Waals surface area contributed by atoms with Gasteiger partial charge >= 0.3 is 5.97 Å². The van der Waals surface area contributed by atoms with Crippen LogP contribution in [0, 0.1) is 0 Å². The molecule has 0 spiro atoms. The first-order valence-electron chi connectivity index (χ1n) is 7.85. The van der Waals surface area contributed by atoms with Crippen molar-refractivity contribution < 1.29 is 18.7 Å². The number of hydrogen-bond acceptors (Lipinski definition) is 4. The van der Waals surface area contributed by atoms with Crippen molar-refractivity contribution in [2.45, 2.75) is 13.0 Å². The molecule has 0 fully saturated rings. The highest BCUT2D eigenvalue weighted by atomic mass is 16.5. The summed E-state index contributed by atoms with van der Waals surface area (Å²) in [6.07, 6.45) is 1.01. The first kappa shape index (κ1) is 16.5. The monoisotopic (exact) mass is 335 g/mol. The number of furan rings is 1. The number of amides is 1. The molecule has 1 heterocycles. The van der Waals surface area contributed by atoms with Crippen molar-refractivity contribution in [3.05, 3.63) is 89.9 Å². The van der Waals surface area contributed by atoms with Gasteiger partial charge in [-0.2, -0.15) is 0 Å². The molecule has 5 heteroatoms. The van der Waals surface area contributed by atoms with E-state index in [1.807, 2.05) is 30.3 Å². The van der Waals surface area contributed by atoms with Gasteiger partial charge < -0.3 is 14.5 Å². The molecule has 0 radical (unpaired) electrons. The van der Waals surface area contributed by atoms with E-state index in [9.17, 15) is 9.59 Å². The lowest BCUT2D eigenvalue weighted by Gasteiger charge is -2.15. The molecular formula is C20H17NO4. The zero-order valence-corrected chi connectivity index (χ0v) is 13.6. The average molecular weight is 335 g/mol. The second-order valence-electron chi connectivity index (χ2n) is 5.44. The Balaban J connectivity index is 1.76. The fourth-order valence-corrected chi connectivity index (χ4v) is 2.38. The Bertz CT molecular complexity index is 856. The van der Waals surface area contributed by atoms with Crippen LogP contribution in [0.15, 0.2) is 77.4 Å². The van der Waals surface area contributed by atoms with Gasteiger partial charge in [0, 0.05) is 0 Å². The SMILES string of the molecule is CC(OC(=O)c1ccccc1NC(=O)c1ccco1)c1ccccc1. The summed E-state index contributed by atoms with van der Waals surface area (Å²) in [7, 11) is 0. The highest BCUT2D eigenvalue weighted by molar-refractivity contribution is 6.06. The fourth-order valence-electron chi connectivity index (χ4n) is 2.38. The van der Waals surface area contributed by atoms with Crippen molar-refractivity contribution in [2.75, 3.05) is 5.32 Å². The summed E-state index contributed by atoms with van der Waals surface area (Å²) in [5.74, 6) is -0.770. The number of ether oxygens (including phenoxy) is 1. The Morgan fingerprint density at radius 2 is 1.68 bits per heavy atom. The van der Waals surface area contributed by atoms with Gasteiger partial charge in [-0.25, -0.2) is 4.79 Å². The number of carbonyl (C=O) groups is 2. The number of benzene rings is 2. The molecule has 3 rings (SSSR count). The number of carbonyl (C=O) groups excluding carboxylic acids is 2. The number of hydrogen-bond donors (Lipinski definition) is 1. The second-order valence-corrected chi connectivity index (χ2v) is 5.44. The van der Waals surface area contributed by atoms with Gasteiger partial charge in [-0.3, -0.25) is 4.79 Å². The zero-order valence-electron chi connectivity index (χ0n) is 13.6. The lowest BCUT2D eigenvalue weighted by molar-refractivity contribution is 0.0339. The van der Waals surface area contributed by atoms with Gasteiger partial charge in [-0.05, 0) is 36.8 Å². The molecule has 1 unspecified atom stereocenters. The van der Waals surface area contributed by atoms with E-state index in [1.165, 1.54) is 6.26 Å². The molecule has 1 atom stereocenters. The van der Waals surface area contributed by atoms with Crippen LogP contribution in [0.1, 0.15) is 39.5 Å². The molecule has 1 amide bonds. The summed E-state index contributed by atoms with van der Waals surface area (Å²) >= 11 is 0. The summed E-state index contributed by atoms with van der Waals surface area (Å²) in [4.78, 5) is 24.7. The van der Waals surface area contributed by atoms with Gasteiger partial charge in [0.05, 0.1) is 17.5 Å². The molecule has 0 saturated heterocycles. The van der Waals surface area contributed by atoms with Crippen molar-refractivity contribution in [1.29, 1.82) is 0 Å². The van der Waals surface area contributed by atoms with Crippen LogP contribution in [-0.2, 0) is 4.74 Å². The minimum atomic E-state index is -0.508. The van der Waals surface area contributed by atoms with Crippen molar-refractivity contribution in [2.24, 2.45) is 0 Å². The molecular weight excluding hydrogens is 318 g/mol. The molecule has 2 aromatic carbocycles. The van der Waals surface area contributed by atoms with Crippen LogP contribution in [0.25, 0.3) is 0 Å².